The first-order chi connectivity index (χ1) is 17.0. The van der Waals surface area contributed by atoms with E-state index >= 15 is 0 Å². The molecule has 4 aromatic rings. The summed E-state index contributed by atoms with van der Waals surface area (Å²) < 4.78 is 5.22. The van der Waals surface area contributed by atoms with Gasteiger partial charge in [-0.3, -0.25) is 4.79 Å². The van der Waals surface area contributed by atoms with Gasteiger partial charge < -0.3 is 10.1 Å². The molecule has 0 aliphatic heterocycles. The Morgan fingerprint density at radius 3 is 2.83 bits per heavy atom. The standard InChI is InChI=1S/C26H25N3O3S3/c1-3-32-26(31)18-12-19(16-7-5-4-6-8-16)34-23(18)29-21(30)13-33-24-22-17-10-9-15(2)11-20(17)35-25(22)28-14-27-24/h4-8,12,14-15H,3,9-11,13H2,1-2H3,(H,29,30). The number of carbonyl (C=O) groups is 2. The average molecular weight is 524 g/mol. The van der Waals surface area contributed by atoms with Gasteiger partial charge in [0.25, 0.3) is 0 Å². The molecule has 1 aliphatic carbocycles. The predicted octanol–water partition coefficient (Wildman–Crippen LogP) is 6.45. The summed E-state index contributed by atoms with van der Waals surface area (Å²) in [6.45, 7) is 4.33. The quantitative estimate of drug-likeness (QED) is 0.170. The number of benzene rings is 1. The molecular weight excluding hydrogens is 499 g/mol. The van der Waals surface area contributed by atoms with Gasteiger partial charge in [0.05, 0.1) is 17.9 Å². The molecule has 1 N–H and O–H groups in total. The number of carbonyl (C=O) groups excluding carboxylic acids is 2. The van der Waals surface area contributed by atoms with Gasteiger partial charge >= 0.3 is 5.97 Å². The Kier molecular flexibility index (Phi) is 7.17. The Labute approximate surface area is 216 Å². The van der Waals surface area contributed by atoms with Crippen LogP contribution < -0.4 is 5.32 Å². The number of thiophene rings is 2. The fourth-order valence-electron chi connectivity index (χ4n) is 4.24. The second-order valence-electron chi connectivity index (χ2n) is 8.49. The number of rotatable bonds is 7. The molecule has 1 aliphatic rings. The maximum absolute atomic E-state index is 13.0. The van der Waals surface area contributed by atoms with Crippen molar-refractivity contribution in [3.05, 3.63) is 58.7 Å². The molecule has 3 aromatic heterocycles. The Morgan fingerprint density at radius 1 is 1.20 bits per heavy atom. The van der Waals surface area contributed by atoms with Crippen LogP contribution >= 0.6 is 34.4 Å². The van der Waals surface area contributed by atoms with Gasteiger partial charge in [-0.25, -0.2) is 14.8 Å². The van der Waals surface area contributed by atoms with E-state index < -0.39 is 5.97 Å². The Bertz CT molecular complexity index is 1380. The lowest BCUT2D eigenvalue weighted by atomic mass is 9.89. The molecule has 0 bridgehead atoms. The third-order valence-electron chi connectivity index (χ3n) is 5.94. The second-order valence-corrected chi connectivity index (χ2v) is 11.6. The molecule has 9 heteroatoms. The molecule has 0 radical (unpaired) electrons. The van der Waals surface area contributed by atoms with Gasteiger partial charge in [-0.1, -0.05) is 49.0 Å². The Balaban J connectivity index is 1.35. The van der Waals surface area contributed by atoms with Gasteiger partial charge in [0, 0.05) is 15.1 Å². The topological polar surface area (TPSA) is 81.2 Å². The van der Waals surface area contributed by atoms with Crippen LogP contribution in [-0.4, -0.2) is 34.2 Å². The van der Waals surface area contributed by atoms with Gasteiger partial charge in [-0.2, -0.15) is 0 Å². The highest BCUT2D eigenvalue weighted by molar-refractivity contribution is 8.00. The fraction of sp³-hybridized carbons (Fsp3) is 0.308. The maximum atomic E-state index is 13.0. The molecule has 1 atom stereocenters. The van der Waals surface area contributed by atoms with E-state index in [0.717, 1.165) is 44.9 Å². The molecule has 180 valence electrons. The largest absolute Gasteiger partial charge is 0.462 e. The number of anilines is 1. The van der Waals surface area contributed by atoms with Crippen LogP contribution in [0.3, 0.4) is 0 Å². The molecule has 3 heterocycles. The lowest BCUT2D eigenvalue weighted by molar-refractivity contribution is -0.113. The summed E-state index contributed by atoms with van der Waals surface area (Å²) in [5.74, 6) is 0.246. The van der Waals surface area contributed by atoms with Crippen LogP contribution in [0.5, 0.6) is 0 Å². The van der Waals surface area contributed by atoms with Crippen LogP contribution in [0.2, 0.25) is 0 Å². The van der Waals surface area contributed by atoms with Crippen molar-refractivity contribution in [3.8, 4) is 10.4 Å². The van der Waals surface area contributed by atoms with E-state index in [1.807, 2.05) is 30.3 Å². The summed E-state index contributed by atoms with van der Waals surface area (Å²) in [5.41, 5.74) is 2.71. The van der Waals surface area contributed by atoms with Crippen molar-refractivity contribution in [1.82, 2.24) is 9.97 Å². The summed E-state index contributed by atoms with van der Waals surface area (Å²) in [4.78, 5) is 37.8. The van der Waals surface area contributed by atoms with Crippen molar-refractivity contribution >= 4 is 61.5 Å². The number of aryl methyl sites for hydroxylation is 1. The number of thioether (sulfide) groups is 1. The van der Waals surface area contributed by atoms with E-state index in [9.17, 15) is 9.59 Å². The molecule has 0 saturated carbocycles. The number of nitrogens with zero attached hydrogens (tertiary/aromatic N) is 2. The number of hydrogen-bond acceptors (Lipinski definition) is 8. The summed E-state index contributed by atoms with van der Waals surface area (Å²) >= 11 is 4.54. The van der Waals surface area contributed by atoms with Crippen molar-refractivity contribution in [1.29, 1.82) is 0 Å². The number of aromatic nitrogens is 2. The Hall–Kier alpha value is -2.75. The second kappa shape index (κ2) is 10.5. The van der Waals surface area contributed by atoms with Crippen LogP contribution in [0.25, 0.3) is 20.7 Å². The zero-order valence-electron chi connectivity index (χ0n) is 19.5. The van der Waals surface area contributed by atoms with Gasteiger partial charge in [0.2, 0.25) is 5.91 Å². The number of hydrogen-bond donors (Lipinski definition) is 1. The van der Waals surface area contributed by atoms with Crippen LogP contribution in [0, 0.1) is 5.92 Å². The zero-order chi connectivity index (χ0) is 24.4. The van der Waals surface area contributed by atoms with Crippen molar-refractivity contribution < 1.29 is 14.3 Å². The summed E-state index contributed by atoms with van der Waals surface area (Å²) in [5, 5.41) is 5.39. The van der Waals surface area contributed by atoms with Crippen molar-refractivity contribution in [3.63, 3.8) is 0 Å². The normalized spacial score (nSPS) is 15.1. The average Bonchev–Trinajstić information content (AvgIpc) is 3.44. The number of ether oxygens (including phenoxy) is 1. The maximum Gasteiger partial charge on any atom is 0.341 e. The highest BCUT2D eigenvalue weighted by atomic mass is 32.2. The molecule has 1 amide bonds. The minimum Gasteiger partial charge on any atom is -0.462 e. The summed E-state index contributed by atoms with van der Waals surface area (Å²) in [6.07, 6.45) is 4.86. The minimum absolute atomic E-state index is 0.188. The summed E-state index contributed by atoms with van der Waals surface area (Å²) in [7, 11) is 0. The first-order valence-corrected chi connectivity index (χ1v) is 14.2. The molecular formula is C26H25N3O3S3. The first-order valence-electron chi connectivity index (χ1n) is 11.6. The molecule has 1 unspecified atom stereocenters. The fourth-order valence-corrected chi connectivity index (χ4v) is 7.55. The molecule has 5 rings (SSSR count). The highest BCUT2D eigenvalue weighted by Gasteiger charge is 2.24. The van der Waals surface area contributed by atoms with Crippen LogP contribution in [0.1, 0.15) is 41.1 Å². The number of esters is 1. The van der Waals surface area contributed by atoms with Crippen LogP contribution in [0.15, 0.2) is 47.8 Å². The van der Waals surface area contributed by atoms with Crippen molar-refractivity contribution in [2.75, 3.05) is 17.7 Å². The van der Waals surface area contributed by atoms with Gasteiger partial charge in [-0.15, -0.1) is 22.7 Å². The third kappa shape index (κ3) is 5.12. The van der Waals surface area contributed by atoms with Gasteiger partial charge in [0.1, 0.15) is 21.2 Å². The number of nitrogens with one attached hydrogen (secondary N) is 1. The van der Waals surface area contributed by atoms with E-state index in [4.69, 9.17) is 4.74 Å². The third-order valence-corrected chi connectivity index (χ3v) is 9.19. The van der Waals surface area contributed by atoms with E-state index in [0.29, 0.717) is 16.5 Å². The first kappa shape index (κ1) is 24.0. The predicted molar refractivity (Wildman–Crippen MR) is 144 cm³/mol. The van der Waals surface area contributed by atoms with Gasteiger partial charge in [-0.05, 0) is 49.3 Å². The van der Waals surface area contributed by atoms with Gasteiger partial charge in [0.15, 0.2) is 0 Å². The molecule has 0 saturated heterocycles. The SMILES string of the molecule is CCOC(=O)c1cc(-c2ccccc2)sc1NC(=O)CSc1ncnc2sc3c(c12)CCC(C)C3. The lowest BCUT2D eigenvalue weighted by Gasteiger charge is -2.18. The Morgan fingerprint density at radius 2 is 2.03 bits per heavy atom. The minimum atomic E-state index is -0.439. The van der Waals surface area contributed by atoms with E-state index in [2.05, 4.69) is 22.2 Å². The van der Waals surface area contributed by atoms with E-state index in [1.165, 1.54) is 33.5 Å². The molecule has 0 fully saturated rings. The van der Waals surface area contributed by atoms with Crippen LogP contribution in [-0.2, 0) is 22.4 Å². The molecule has 6 nitrogen and oxygen atoms in total. The van der Waals surface area contributed by atoms with Crippen LogP contribution in [0.4, 0.5) is 5.00 Å². The monoisotopic (exact) mass is 523 g/mol. The molecule has 1 aromatic carbocycles. The van der Waals surface area contributed by atoms with Crippen molar-refractivity contribution in [2.24, 2.45) is 5.92 Å². The van der Waals surface area contributed by atoms with E-state index in [1.54, 1.807) is 30.7 Å². The lowest BCUT2D eigenvalue weighted by Crippen LogP contribution is -2.16. The zero-order valence-corrected chi connectivity index (χ0v) is 21.9. The van der Waals surface area contributed by atoms with E-state index in [-0.39, 0.29) is 18.3 Å². The number of fused-ring (bicyclic) bond motifs is 3. The smallest absolute Gasteiger partial charge is 0.341 e. The molecule has 0 spiro atoms. The molecule has 35 heavy (non-hydrogen) atoms. The van der Waals surface area contributed by atoms with Crippen molar-refractivity contribution in [2.45, 2.75) is 38.1 Å². The highest BCUT2D eigenvalue weighted by Crippen LogP contribution is 2.41. The summed E-state index contributed by atoms with van der Waals surface area (Å²) in [6, 6.07) is 11.6. The number of amides is 1.